The summed E-state index contributed by atoms with van der Waals surface area (Å²) in [7, 11) is 1.50. The molecule has 0 spiro atoms. The molecule has 1 aliphatic heterocycles. The zero-order valence-electron chi connectivity index (χ0n) is 20.4. The van der Waals surface area contributed by atoms with Crippen molar-refractivity contribution in [2.45, 2.75) is 25.4 Å². The molecule has 1 aromatic carbocycles. The number of hydrogen-bond acceptors (Lipinski definition) is 7. The number of β-amino-alcohol motifs (C(OH)–C–C–N with tert-alkyl or cyclic N) is 1. The number of carbonyl (C=O) groups excluding carboxylic acids is 1. The highest BCUT2D eigenvalue weighted by molar-refractivity contribution is 7.22. The molecule has 1 amide bonds. The van der Waals surface area contributed by atoms with E-state index in [0.29, 0.717) is 29.1 Å². The van der Waals surface area contributed by atoms with Crippen LogP contribution in [0.15, 0.2) is 53.5 Å². The zero-order valence-corrected chi connectivity index (χ0v) is 22.8. The number of rotatable bonds is 7. The molecule has 4 heterocycles. The van der Waals surface area contributed by atoms with Crippen molar-refractivity contribution in [2.24, 2.45) is 0 Å². The van der Waals surface area contributed by atoms with Crippen LogP contribution >= 0.6 is 36.2 Å². The van der Waals surface area contributed by atoms with Crippen LogP contribution in [0.2, 0.25) is 0 Å². The minimum absolute atomic E-state index is 0. The summed E-state index contributed by atoms with van der Waals surface area (Å²) >= 11 is 1.30. The first-order valence-corrected chi connectivity index (χ1v) is 12.6. The first-order valence-electron chi connectivity index (χ1n) is 11.8. The highest BCUT2D eigenvalue weighted by Gasteiger charge is 2.27. The second kappa shape index (κ2) is 12.7. The molecule has 0 atom stereocenters. The second-order valence-electron chi connectivity index (χ2n) is 8.71. The standard InChI is InChI=1S/C26H28N4O4S.2ClH/c1-34-22-21-23(35-24(22)25(32)28-17-9-12-29(13-10-17)14-15-31)19-7-2-3-8-20(19)30(26(21)33)16-18-6-4-5-11-27-18;;/h2-8,11,17,31H,9-10,12-16H2,1H3,(H,28,32);2*1H. The van der Waals surface area contributed by atoms with E-state index in [-0.39, 0.29) is 48.9 Å². The van der Waals surface area contributed by atoms with E-state index in [4.69, 9.17) is 9.84 Å². The van der Waals surface area contributed by atoms with Crippen LogP contribution in [0.3, 0.4) is 0 Å². The van der Waals surface area contributed by atoms with Crippen molar-refractivity contribution >= 4 is 63.0 Å². The van der Waals surface area contributed by atoms with Gasteiger partial charge in [0.25, 0.3) is 11.5 Å². The van der Waals surface area contributed by atoms with E-state index in [0.717, 1.165) is 47.2 Å². The van der Waals surface area contributed by atoms with Gasteiger partial charge < -0.3 is 24.6 Å². The number of aliphatic hydroxyl groups excluding tert-OH is 1. The molecule has 1 fully saturated rings. The molecule has 1 saturated heterocycles. The Hall–Kier alpha value is -2.69. The Labute approximate surface area is 231 Å². The summed E-state index contributed by atoms with van der Waals surface area (Å²) < 4.78 is 8.13. The van der Waals surface area contributed by atoms with Crippen LogP contribution < -0.4 is 15.6 Å². The number of thiophene rings is 1. The summed E-state index contributed by atoms with van der Waals surface area (Å²) in [4.78, 5) is 34.1. The van der Waals surface area contributed by atoms with Crippen molar-refractivity contribution in [1.29, 1.82) is 0 Å². The number of hydrogen-bond donors (Lipinski definition) is 2. The first-order chi connectivity index (χ1) is 17.1. The van der Waals surface area contributed by atoms with E-state index in [1.54, 1.807) is 10.8 Å². The summed E-state index contributed by atoms with van der Waals surface area (Å²) in [6.45, 7) is 2.78. The summed E-state index contributed by atoms with van der Waals surface area (Å²) in [5, 5.41) is 13.6. The van der Waals surface area contributed by atoms with E-state index in [1.165, 1.54) is 18.4 Å². The minimum Gasteiger partial charge on any atom is -0.494 e. The number of pyridine rings is 2. The summed E-state index contributed by atoms with van der Waals surface area (Å²) in [6, 6.07) is 13.4. The Bertz CT molecular complexity index is 1420. The molecule has 11 heteroatoms. The van der Waals surface area contributed by atoms with E-state index >= 15 is 0 Å². The smallest absolute Gasteiger partial charge is 0.265 e. The van der Waals surface area contributed by atoms with Gasteiger partial charge in [-0.2, -0.15) is 0 Å². The molecule has 0 radical (unpaired) electrons. The topological polar surface area (TPSA) is 96.7 Å². The van der Waals surface area contributed by atoms with Gasteiger partial charge in [-0.3, -0.25) is 14.6 Å². The van der Waals surface area contributed by atoms with Gasteiger partial charge in [-0.25, -0.2) is 0 Å². The fourth-order valence-electron chi connectivity index (χ4n) is 4.79. The molecule has 0 unspecified atom stereocenters. The molecule has 4 aromatic rings. The lowest BCUT2D eigenvalue weighted by atomic mass is 10.0. The molecule has 0 aliphatic carbocycles. The quantitative estimate of drug-likeness (QED) is 0.355. The highest BCUT2D eigenvalue weighted by Crippen LogP contribution is 2.39. The molecule has 198 valence electrons. The number of methoxy groups -OCH3 is 1. The molecule has 0 saturated carbocycles. The number of nitrogens with one attached hydrogen (secondary N) is 1. The van der Waals surface area contributed by atoms with Crippen molar-refractivity contribution in [3.05, 3.63) is 69.6 Å². The largest absolute Gasteiger partial charge is 0.494 e. The van der Waals surface area contributed by atoms with Crippen LogP contribution in [0.4, 0.5) is 0 Å². The number of benzene rings is 1. The lowest BCUT2D eigenvalue weighted by molar-refractivity contribution is 0.0904. The van der Waals surface area contributed by atoms with Gasteiger partial charge in [0, 0.05) is 37.3 Å². The van der Waals surface area contributed by atoms with Gasteiger partial charge >= 0.3 is 0 Å². The van der Waals surface area contributed by atoms with Gasteiger partial charge in [-0.15, -0.1) is 36.2 Å². The molecular formula is C26H30Cl2N4O4S. The van der Waals surface area contributed by atoms with Crippen molar-refractivity contribution in [3.63, 3.8) is 0 Å². The Balaban J connectivity index is 0.00000190. The maximum absolute atomic E-state index is 13.8. The van der Waals surface area contributed by atoms with Crippen LogP contribution in [0.1, 0.15) is 28.2 Å². The van der Waals surface area contributed by atoms with Crippen LogP contribution in [0.25, 0.3) is 21.0 Å². The fourth-order valence-corrected chi connectivity index (χ4v) is 5.99. The van der Waals surface area contributed by atoms with E-state index in [2.05, 4.69) is 15.2 Å². The zero-order chi connectivity index (χ0) is 24.4. The normalized spacial score (nSPS) is 14.2. The number of piperidine rings is 1. The maximum atomic E-state index is 13.8. The molecule has 3 aromatic heterocycles. The van der Waals surface area contributed by atoms with Gasteiger partial charge in [0.15, 0.2) is 5.75 Å². The lowest BCUT2D eigenvalue weighted by Crippen LogP contribution is -2.45. The van der Waals surface area contributed by atoms with Crippen LogP contribution in [-0.2, 0) is 6.54 Å². The van der Waals surface area contributed by atoms with Gasteiger partial charge in [-0.1, -0.05) is 24.3 Å². The Morgan fingerprint density at radius 3 is 2.57 bits per heavy atom. The van der Waals surface area contributed by atoms with E-state index in [1.807, 2.05) is 42.5 Å². The molecule has 0 bridgehead atoms. The number of likely N-dealkylation sites (tertiary alicyclic amines) is 1. The predicted octanol–water partition coefficient (Wildman–Crippen LogP) is 3.70. The predicted molar refractivity (Wildman–Crippen MR) is 152 cm³/mol. The number of ether oxygens (including phenoxy) is 1. The second-order valence-corrected chi connectivity index (χ2v) is 9.73. The monoisotopic (exact) mass is 564 g/mol. The Kier molecular flexibility index (Phi) is 9.92. The van der Waals surface area contributed by atoms with Crippen molar-refractivity contribution in [2.75, 3.05) is 33.4 Å². The SMILES string of the molecule is COc1c(C(=O)NC2CCN(CCO)CC2)sc2c1c(=O)n(Cc1ccccn1)c1ccccc21.Cl.Cl. The van der Waals surface area contributed by atoms with Crippen LogP contribution in [-0.4, -0.2) is 64.9 Å². The maximum Gasteiger partial charge on any atom is 0.265 e. The molecule has 2 N–H and O–H groups in total. The number of nitrogens with zero attached hydrogens (tertiary/aromatic N) is 3. The molecule has 1 aliphatic rings. The van der Waals surface area contributed by atoms with E-state index < -0.39 is 0 Å². The highest BCUT2D eigenvalue weighted by atomic mass is 35.5. The average Bonchev–Trinajstić information content (AvgIpc) is 3.29. The van der Waals surface area contributed by atoms with Crippen LogP contribution in [0.5, 0.6) is 5.75 Å². The Morgan fingerprint density at radius 1 is 1.16 bits per heavy atom. The van der Waals surface area contributed by atoms with Crippen LogP contribution in [0, 0.1) is 0 Å². The van der Waals surface area contributed by atoms with Gasteiger partial charge in [-0.05, 0) is 31.0 Å². The number of fused-ring (bicyclic) bond motifs is 3. The lowest BCUT2D eigenvalue weighted by Gasteiger charge is -2.31. The Morgan fingerprint density at radius 2 is 1.89 bits per heavy atom. The number of aliphatic hydroxyl groups is 1. The molecule has 37 heavy (non-hydrogen) atoms. The number of amides is 1. The first kappa shape index (κ1) is 28.9. The van der Waals surface area contributed by atoms with Crippen molar-refractivity contribution < 1.29 is 14.6 Å². The van der Waals surface area contributed by atoms with Gasteiger partial charge in [0.05, 0.1) is 36.2 Å². The number of halogens is 2. The summed E-state index contributed by atoms with van der Waals surface area (Å²) in [5.41, 5.74) is 1.37. The third kappa shape index (κ3) is 5.76. The molecule has 8 nitrogen and oxygen atoms in total. The van der Waals surface area contributed by atoms with Crippen molar-refractivity contribution in [1.82, 2.24) is 19.8 Å². The van der Waals surface area contributed by atoms with Gasteiger partial charge in [0.1, 0.15) is 10.3 Å². The molecule has 5 rings (SSSR count). The summed E-state index contributed by atoms with van der Waals surface area (Å²) in [6.07, 6.45) is 3.35. The van der Waals surface area contributed by atoms with E-state index in [9.17, 15) is 9.59 Å². The molecular weight excluding hydrogens is 535 g/mol. The van der Waals surface area contributed by atoms with Crippen molar-refractivity contribution in [3.8, 4) is 5.75 Å². The number of aromatic nitrogens is 2. The number of carbonyl (C=O) groups is 1. The average molecular weight is 566 g/mol. The summed E-state index contributed by atoms with van der Waals surface area (Å²) in [5.74, 6) is 0.106. The van der Waals surface area contributed by atoms with Gasteiger partial charge in [0.2, 0.25) is 0 Å². The third-order valence-corrected chi connectivity index (χ3v) is 7.76. The fraction of sp³-hybridized carbons (Fsp3) is 0.346. The third-order valence-electron chi connectivity index (χ3n) is 6.56. The minimum atomic E-state index is -0.219. The number of para-hydroxylation sites is 1.